The van der Waals surface area contributed by atoms with Crippen LogP contribution in [0.3, 0.4) is 0 Å². The number of carbonyl (C=O) groups is 1. The first kappa shape index (κ1) is 20.5. The second kappa shape index (κ2) is 8.83. The highest BCUT2D eigenvalue weighted by Crippen LogP contribution is 2.33. The summed E-state index contributed by atoms with van der Waals surface area (Å²) in [7, 11) is 0. The average molecular weight is 422 g/mol. The summed E-state index contributed by atoms with van der Waals surface area (Å²) in [6.07, 6.45) is -1.30. The molecule has 0 saturated carbocycles. The van der Waals surface area contributed by atoms with Crippen LogP contribution in [0.5, 0.6) is 11.5 Å². The number of urea groups is 1. The number of rotatable bonds is 5. The first-order valence-corrected chi connectivity index (χ1v) is 8.77. The Kier molecular flexibility index (Phi) is 6.23. The predicted octanol–water partition coefficient (Wildman–Crippen LogP) is 5.87. The quantitative estimate of drug-likeness (QED) is 0.541. The minimum absolute atomic E-state index is 0.00534. The molecule has 1 aromatic heterocycles. The zero-order valence-electron chi connectivity index (χ0n) is 14.8. The van der Waals surface area contributed by atoms with E-state index in [4.69, 9.17) is 16.3 Å². The standard InChI is InChI=1S/C20H15ClF3N3O2/c21-17-6-3-14(20(22,23)24)11-18(17)27-19(28)26-12-13-1-4-15(5-2-13)29-16-7-9-25-10-8-16/h1-11H,12H2,(H2,26,27,28). The van der Waals surface area contributed by atoms with Gasteiger partial charge >= 0.3 is 12.2 Å². The molecule has 0 radical (unpaired) electrons. The maximum atomic E-state index is 12.8. The Bertz CT molecular complexity index is 981. The second-order valence-electron chi connectivity index (χ2n) is 5.93. The Morgan fingerprint density at radius 1 is 1.00 bits per heavy atom. The Morgan fingerprint density at radius 2 is 1.66 bits per heavy atom. The van der Waals surface area contributed by atoms with Crippen molar-refractivity contribution in [1.29, 1.82) is 0 Å². The number of hydrogen-bond acceptors (Lipinski definition) is 3. The van der Waals surface area contributed by atoms with Crippen LogP contribution in [0.15, 0.2) is 67.0 Å². The molecule has 0 bridgehead atoms. The van der Waals surface area contributed by atoms with Crippen LogP contribution in [0.1, 0.15) is 11.1 Å². The van der Waals surface area contributed by atoms with Crippen LogP contribution >= 0.6 is 11.6 Å². The minimum atomic E-state index is -4.53. The number of pyridine rings is 1. The summed E-state index contributed by atoms with van der Waals surface area (Å²) in [4.78, 5) is 15.9. The molecule has 3 aromatic rings. The Balaban J connectivity index is 1.56. The van der Waals surface area contributed by atoms with Crippen molar-refractivity contribution >= 4 is 23.3 Å². The smallest absolute Gasteiger partial charge is 0.416 e. The lowest BCUT2D eigenvalue weighted by Gasteiger charge is -2.12. The van der Waals surface area contributed by atoms with Gasteiger partial charge in [0.15, 0.2) is 0 Å². The molecule has 0 saturated heterocycles. The van der Waals surface area contributed by atoms with Gasteiger partial charge in [-0.3, -0.25) is 4.98 Å². The highest BCUT2D eigenvalue weighted by molar-refractivity contribution is 6.33. The van der Waals surface area contributed by atoms with Gasteiger partial charge in [-0.15, -0.1) is 0 Å². The van der Waals surface area contributed by atoms with Crippen LogP contribution in [0.2, 0.25) is 5.02 Å². The van der Waals surface area contributed by atoms with Crippen molar-refractivity contribution in [3.05, 3.63) is 83.1 Å². The van der Waals surface area contributed by atoms with Crippen molar-refractivity contribution in [1.82, 2.24) is 10.3 Å². The van der Waals surface area contributed by atoms with Gasteiger partial charge in [0.2, 0.25) is 0 Å². The van der Waals surface area contributed by atoms with Gasteiger partial charge in [-0.2, -0.15) is 13.2 Å². The van der Waals surface area contributed by atoms with E-state index in [0.29, 0.717) is 11.5 Å². The number of amides is 2. The van der Waals surface area contributed by atoms with E-state index in [1.54, 1.807) is 48.8 Å². The van der Waals surface area contributed by atoms with Gasteiger partial charge in [-0.05, 0) is 48.0 Å². The van der Waals surface area contributed by atoms with E-state index in [1.807, 2.05) is 0 Å². The van der Waals surface area contributed by atoms with Crippen LogP contribution in [0.4, 0.5) is 23.7 Å². The van der Waals surface area contributed by atoms with E-state index in [1.165, 1.54) is 0 Å². The summed E-state index contributed by atoms with van der Waals surface area (Å²) in [5, 5.41) is 4.89. The monoisotopic (exact) mass is 421 g/mol. The molecule has 0 fully saturated rings. The van der Waals surface area contributed by atoms with Crippen LogP contribution in [-0.4, -0.2) is 11.0 Å². The molecule has 29 heavy (non-hydrogen) atoms. The maximum absolute atomic E-state index is 12.8. The third-order valence-corrected chi connectivity index (χ3v) is 4.13. The Hall–Kier alpha value is -3.26. The lowest BCUT2D eigenvalue weighted by molar-refractivity contribution is -0.137. The maximum Gasteiger partial charge on any atom is 0.416 e. The van der Waals surface area contributed by atoms with Gasteiger partial charge in [-0.1, -0.05) is 23.7 Å². The van der Waals surface area contributed by atoms with Gasteiger partial charge in [-0.25, -0.2) is 4.79 Å². The molecule has 3 rings (SSSR count). The largest absolute Gasteiger partial charge is 0.457 e. The summed E-state index contributed by atoms with van der Waals surface area (Å²) < 4.78 is 44.0. The van der Waals surface area contributed by atoms with E-state index >= 15 is 0 Å². The number of hydrogen-bond donors (Lipinski definition) is 2. The van der Waals surface area contributed by atoms with Crippen LogP contribution in [0, 0.1) is 0 Å². The third-order valence-electron chi connectivity index (χ3n) is 3.80. The van der Waals surface area contributed by atoms with Crippen molar-refractivity contribution in [2.45, 2.75) is 12.7 Å². The van der Waals surface area contributed by atoms with E-state index in [0.717, 1.165) is 23.8 Å². The highest BCUT2D eigenvalue weighted by atomic mass is 35.5. The fourth-order valence-electron chi connectivity index (χ4n) is 2.36. The molecule has 2 aromatic carbocycles. The minimum Gasteiger partial charge on any atom is -0.457 e. The number of alkyl halides is 3. The normalized spacial score (nSPS) is 11.0. The first-order chi connectivity index (χ1) is 13.8. The number of ether oxygens (including phenoxy) is 1. The third kappa shape index (κ3) is 5.86. The zero-order chi connectivity index (χ0) is 20.9. The topological polar surface area (TPSA) is 63.2 Å². The van der Waals surface area contributed by atoms with E-state index < -0.39 is 17.8 Å². The summed E-state index contributed by atoms with van der Waals surface area (Å²) in [5.41, 5.74) is -0.251. The Morgan fingerprint density at radius 3 is 2.31 bits per heavy atom. The fourth-order valence-corrected chi connectivity index (χ4v) is 2.53. The van der Waals surface area contributed by atoms with Gasteiger partial charge in [0, 0.05) is 18.9 Å². The van der Waals surface area contributed by atoms with Crippen LogP contribution < -0.4 is 15.4 Å². The number of nitrogens with one attached hydrogen (secondary N) is 2. The van der Waals surface area contributed by atoms with Crippen molar-refractivity contribution in [3.8, 4) is 11.5 Å². The van der Waals surface area contributed by atoms with E-state index in [-0.39, 0.29) is 17.3 Å². The lowest BCUT2D eigenvalue weighted by atomic mass is 10.2. The van der Waals surface area contributed by atoms with Crippen molar-refractivity contribution in [2.75, 3.05) is 5.32 Å². The first-order valence-electron chi connectivity index (χ1n) is 8.40. The lowest BCUT2D eigenvalue weighted by Crippen LogP contribution is -2.28. The number of nitrogens with zero attached hydrogens (tertiary/aromatic N) is 1. The SMILES string of the molecule is O=C(NCc1ccc(Oc2ccncc2)cc1)Nc1cc(C(F)(F)F)ccc1Cl. The number of benzene rings is 2. The molecule has 2 amide bonds. The molecular formula is C20H15ClF3N3O2. The van der Waals surface area contributed by atoms with Crippen molar-refractivity contribution in [2.24, 2.45) is 0 Å². The van der Waals surface area contributed by atoms with Crippen LogP contribution in [-0.2, 0) is 12.7 Å². The summed E-state index contributed by atoms with van der Waals surface area (Å²) in [5.74, 6) is 1.25. The van der Waals surface area contributed by atoms with Gasteiger partial charge in [0.1, 0.15) is 11.5 Å². The molecule has 1 heterocycles. The highest BCUT2D eigenvalue weighted by Gasteiger charge is 2.31. The molecule has 0 spiro atoms. The number of carbonyl (C=O) groups excluding carboxylic acids is 1. The number of anilines is 1. The summed E-state index contributed by atoms with van der Waals surface area (Å²) >= 11 is 5.86. The molecule has 0 unspecified atom stereocenters. The summed E-state index contributed by atoms with van der Waals surface area (Å²) in [6, 6.07) is 12.5. The predicted molar refractivity (Wildman–Crippen MR) is 103 cm³/mol. The van der Waals surface area contributed by atoms with Crippen molar-refractivity contribution < 1.29 is 22.7 Å². The average Bonchev–Trinajstić information content (AvgIpc) is 2.69. The number of aromatic nitrogens is 1. The van der Waals surface area contributed by atoms with Crippen molar-refractivity contribution in [3.63, 3.8) is 0 Å². The Labute approximate surface area is 169 Å². The van der Waals surface area contributed by atoms with E-state index in [9.17, 15) is 18.0 Å². The zero-order valence-corrected chi connectivity index (χ0v) is 15.6. The molecule has 0 aliphatic carbocycles. The molecule has 5 nitrogen and oxygen atoms in total. The van der Waals surface area contributed by atoms with Gasteiger partial charge in [0.05, 0.1) is 16.3 Å². The van der Waals surface area contributed by atoms with Gasteiger partial charge in [0.25, 0.3) is 0 Å². The molecule has 0 aliphatic heterocycles. The number of halogens is 4. The summed E-state index contributed by atoms with van der Waals surface area (Å²) in [6.45, 7) is 0.165. The molecule has 0 aliphatic rings. The molecule has 0 atom stereocenters. The second-order valence-corrected chi connectivity index (χ2v) is 6.34. The fraction of sp³-hybridized carbons (Fsp3) is 0.100. The van der Waals surface area contributed by atoms with Crippen LogP contribution in [0.25, 0.3) is 0 Å². The molecule has 9 heteroatoms. The molecular weight excluding hydrogens is 407 g/mol. The molecule has 2 N–H and O–H groups in total. The molecule has 150 valence electrons. The van der Waals surface area contributed by atoms with Gasteiger partial charge < -0.3 is 15.4 Å². The van der Waals surface area contributed by atoms with E-state index in [2.05, 4.69) is 15.6 Å².